The van der Waals surface area contributed by atoms with Crippen molar-refractivity contribution >= 4 is 5.91 Å². The molecule has 0 saturated heterocycles. The Morgan fingerprint density at radius 3 is 2.77 bits per heavy atom. The second kappa shape index (κ2) is 7.71. The second-order valence-electron chi connectivity index (χ2n) is 5.53. The summed E-state index contributed by atoms with van der Waals surface area (Å²) in [4.78, 5) is 15.9. The molecule has 0 radical (unpaired) electrons. The van der Waals surface area contributed by atoms with Crippen molar-refractivity contribution in [1.29, 1.82) is 0 Å². The molecule has 0 unspecified atom stereocenters. The predicted octanol–water partition coefficient (Wildman–Crippen LogP) is 2.67. The van der Waals surface area contributed by atoms with Crippen molar-refractivity contribution in [3.63, 3.8) is 0 Å². The lowest BCUT2D eigenvalue weighted by atomic mass is 9.98. The Balaban J connectivity index is 1.82. The normalized spacial score (nSPS) is 12.0. The van der Waals surface area contributed by atoms with E-state index in [-0.39, 0.29) is 11.9 Å². The predicted molar refractivity (Wildman–Crippen MR) is 88.4 cm³/mol. The molecule has 0 aliphatic rings. The summed E-state index contributed by atoms with van der Waals surface area (Å²) >= 11 is 0. The molecule has 0 saturated carbocycles. The number of pyridine rings is 1. The van der Waals surface area contributed by atoms with Crippen molar-refractivity contribution in [1.82, 2.24) is 15.6 Å². The van der Waals surface area contributed by atoms with Crippen LogP contribution in [0.2, 0.25) is 0 Å². The topological polar surface area (TPSA) is 54.0 Å². The first-order chi connectivity index (χ1) is 10.6. The monoisotopic (exact) mass is 297 g/mol. The zero-order valence-corrected chi connectivity index (χ0v) is 13.4. The van der Waals surface area contributed by atoms with E-state index < -0.39 is 0 Å². The first kappa shape index (κ1) is 16.2. The molecular weight excluding hydrogens is 274 g/mol. The van der Waals surface area contributed by atoms with Crippen molar-refractivity contribution in [2.75, 3.05) is 6.54 Å². The van der Waals surface area contributed by atoms with Crippen LogP contribution in [0.4, 0.5) is 0 Å². The number of hydrogen-bond donors (Lipinski definition) is 2. The molecule has 116 valence electrons. The van der Waals surface area contributed by atoms with E-state index in [9.17, 15) is 4.79 Å². The number of amides is 1. The van der Waals surface area contributed by atoms with Crippen LogP contribution in [0.1, 0.15) is 35.2 Å². The van der Waals surface area contributed by atoms with E-state index >= 15 is 0 Å². The molecule has 2 aromatic rings. The van der Waals surface area contributed by atoms with E-state index in [1.54, 1.807) is 12.4 Å². The third kappa shape index (κ3) is 4.40. The average molecular weight is 297 g/mol. The quantitative estimate of drug-likeness (QED) is 0.862. The Hall–Kier alpha value is -2.20. The zero-order valence-electron chi connectivity index (χ0n) is 13.4. The number of nitrogens with zero attached hydrogens (tertiary/aromatic N) is 1. The number of hydrogen-bond acceptors (Lipinski definition) is 3. The Labute approximate surface area is 132 Å². The molecule has 4 nitrogen and oxygen atoms in total. The number of rotatable bonds is 6. The minimum atomic E-state index is -0.0130. The van der Waals surface area contributed by atoms with Gasteiger partial charge in [0.25, 0.3) is 0 Å². The standard InChI is InChI=1S/C18H23N3O/c1-13-6-4-8-17(14(13)2)15(3)20-12-18(22)21-11-16-7-5-9-19-10-16/h4-10,15,20H,11-12H2,1-3H3,(H,21,22)/t15-/m0/s1. The number of aryl methyl sites for hydroxylation is 1. The third-order valence-electron chi connectivity index (χ3n) is 3.89. The molecule has 2 rings (SSSR count). The van der Waals surface area contributed by atoms with E-state index in [2.05, 4.69) is 54.6 Å². The van der Waals surface area contributed by atoms with E-state index in [0.717, 1.165) is 5.56 Å². The molecule has 2 N–H and O–H groups in total. The van der Waals surface area contributed by atoms with Gasteiger partial charge >= 0.3 is 0 Å². The van der Waals surface area contributed by atoms with Crippen molar-refractivity contribution < 1.29 is 4.79 Å². The highest BCUT2D eigenvalue weighted by Gasteiger charge is 2.10. The van der Waals surface area contributed by atoms with Gasteiger partial charge in [-0.3, -0.25) is 9.78 Å². The molecule has 1 atom stereocenters. The minimum Gasteiger partial charge on any atom is -0.351 e. The Kier molecular flexibility index (Phi) is 5.67. The lowest BCUT2D eigenvalue weighted by molar-refractivity contribution is -0.120. The molecule has 0 aliphatic heterocycles. The molecule has 0 spiro atoms. The van der Waals surface area contributed by atoms with Gasteiger partial charge in [-0.15, -0.1) is 0 Å². The van der Waals surface area contributed by atoms with Crippen LogP contribution in [0.5, 0.6) is 0 Å². The highest BCUT2D eigenvalue weighted by molar-refractivity contribution is 5.78. The highest BCUT2D eigenvalue weighted by atomic mass is 16.1. The van der Waals surface area contributed by atoms with Crippen molar-refractivity contribution in [3.05, 3.63) is 65.0 Å². The molecule has 0 fully saturated rings. The Morgan fingerprint density at radius 2 is 2.05 bits per heavy atom. The van der Waals surface area contributed by atoms with Crippen molar-refractivity contribution in [2.45, 2.75) is 33.4 Å². The van der Waals surface area contributed by atoms with Gasteiger partial charge in [0.2, 0.25) is 5.91 Å². The maximum atomic E-state index is 11.9. The molecule has 1 heterocycles. The summed E-state index contributed by atoms with van der Waals surface area (Å²) in [5.74, 6) is -0.0130. The van der Waals surface area contributed by atoms with Crippen LogP contribution in [-0.2, 0) is 11.3 Å². The van der Waals surface area contributed by atoms with Crippen LogP contribution in [0.25, 0.3) is 0 Å². The van der Waals surface area contributed by atoms with Gasteiger partial charge in [0.1, 0.15) is 0 Å². The average Bonchev–Trinajstić information content (AvgIpc) is 2.54. The van der Waals surface area contributed by atoms with Crippen LogP contribution in [-0.4, -0.2) is 17.4 Å². The molecule has 1 aromatic heterocycles. The molecule has 22 heavy (non-hydrogen) atoms. The lowest BCUT2D eigenvalue weighted by Gasteiger charge is -2.17. The minimum absolute atomic E-state index is 0.0130. The van der Waals surface area contributed by atoms with Crippen LogP contribution in [0.3, 0.4) is 0 Å². The number of nitrogens with one attached hydrogen (secondary N) is 2. The number of carbonyl (C=O) groups is 1. The lowest BCUT2D eigenvalue weighted by Crippen LogP contribution is -2.34. The molecule has 1 aromatic carbocycles. The van der Waals surface area contributed by atoms with E-state index in [4.69, 9.17) is 0 Å². The van der Waals surface area contributed by atoms with Gasteiger partial charge in [-0.1, -0.05) is 24.3 Å². The largest absolute Gasteiger partial charge is 0.351 e. The fraction of sp³-hybridized carbons (Fsp3) is 0.333. The fourth-order valence-electron chi connectivity index (χ4n) is 2.36. The number of aromatic nitrogens is 1. The summed E-state index contributed by atoms with van der Waals surface area (Å²) in [7, 11) is 0. The summed E-state index contributed by atoms with van der Waals surface area (Å²) in [5, 5.41) is 6.17. The molecule has 4 heteroatoms. The highest BCUT2D eigenvalue weighted by Crippen LogP contribution is 2.19. The first-order valence-corrected chi connectivity index (χ1v) is 7.53. The first-order valence-electron chi connectivity index (χ1n) is 7.53. The van der Waals surface area contributed by atoms with Crippen LogP contribution < -0.4 is 10.6 Å². The van der Waals surface area contributed by atoms with Gasteiger partial charge in [0, 0.05) is 25.0 Å². The van der Waals surface area contributed by atoms with Gasteiger partial charge in [-0.2, -0.15) is 0 Å². The van der Waals surface area contributed by atoms with E-state index in [1.807, 2.05) is 12.1 Å². The maximum absolute atomic E-state index is 11.9. The summed E-state index contributed by atoms with van der Waals surface area (Å²) in [5.41, 5.74) is 4.78. The Bertz CT molecular complexity index is 625. The van der Waals surface area contributed by atoms with Crippen molar-refractivity contribution in [3.8, 4) is 0 Å². The van der Waals surface area contributed by atoms with Gasteiger partial charge in [0.15, 0.2) is 0 Å². The van der Waals surface area contributed by atoms with E-state index in [1.165, 1.54) is 16.7 Å². The summed E-state index contributed by atoms with van der Waals surface area (Å²) < 4.78 is 0. The smallest absolute Gasteiger partial charge is 0.234 e. The summed E-state index contributed by atoms with van der Waals surface area (Å²) in [6, 6.07) is 10.2. The number of carbonyl (C=O) groups excluding carboxylic acids is 1. The van der Waals surface area contributed by atoms with Crippen molar-refractivity contribution in [2.24, 2.45) is 0 Å². The van der Waals surface area contributed by atoms with Gasteiger partial charge in [0.05, 0.1) is 6.54 Å². The molecular formula is C18H23N3O. The zero-order chi connectivity index (χ0) is 15.9. The third-order valence-corrected chi connectivity index (χ3v) is 3.89. The van der Waals surface area contributed by atoms with E-state index in [0.29, 0.717) is 13.1 Å². The second-order valence-corrected chi connectivity index (χ2v) is 5.53. The molecule has 0 bridgehead atoms. The number of benzene rings is 1. The molecule has 0 aliphatic carbocycles. The van der Waals surface area contributed by atoms with Gasteiger partial charge in [-0.05, 0) is 49.1 Å². The molecule has 1 amide bonds. The van der Waals surface area contributed by atoms with Crippen LogP contribution in [0.15, 0.2) is 42.7 Å². The SMILES string of the molecule is Cc1cccc([C@H](C)NCC(=O)NCc2cccnc2)c1C. The Morgan fingerprint density at radius 1 is 1.23 bits per heavy atom. The van der Waals surface area contributed by atoms with Crippen LogP contribution >= 0.6 is 0 Å². The van der Waals surface area contributed by atoms with Gasteiger partial charge < -0.3 is 10.6 Å². The summed E-state index contributed by atoms with van der Waals surface area (Å²) in [6.45, 7) is 7.11. The summed E-state index contributed by atoms with van der Waals surface area (Å²) in [6.07, 6.45) is 3.48. The van der Waals surface area contributed by atoms with Crippen LogP contribution in [0, 0.1) is 13.8 Å². The fourth-order valence-corrected chi connectivity index (χ4v) is 2.36. The van der Waals surface area contributed by atoms with Gasteiger partial charge in [-0.25, -0.2) is 0 Å². The maximum Gasteiger partial charge on any atom is 0.234 e.